The number of hydrogen-bond acceptors (Lipinski definition) is 4. The maximum Gasteiger partial charge on any atom is 0.146 e. The minimum Gasteiger partial charge on any atom is -0.382 e. The van der Waals surface area contributed by atoms with Gasteiger partial charge in [-0.15, -0.1) is 11.3 Å². The first-order valence-electron chi connectivity index (χ1n) is 4.94. The molecule has 2 aromatic rings. The van der Waals surface area contributed by atoms with Gasteiger partial charge in [0, 0.05) is 17.6 Å². The number of anilines is 2. The molecule has 2 heterocycles. The van der Waals surface area contributed by atoms with Crippen molar-refractivity contribution in [2.75, 3.05) is 17.6 Å². The molecule has 16 heavy (non-hydrogen) atoms. The first-order chi connectivity index (χ1) is 7.75. The molecule has 0 radical (unpaired) electrons. The van der Waals surface area contributed by atoms with Gasteiger partial charge >= 0.3 is 0 Å². The molecule has 0 aliphatic heterocycles. The molecule has 0 saturated heterocycles. The summed E-state index contributed by atoms with van der Waals surface area (Å²) in [7, 11) is 0. The lowest BCUT2D eigenvalue weighted by Crippen LogP contribution is -2.06. The SMILES string of the molecule is Nc1ncccc1NCCc1ccc(Cl)s1. The van der Waals surface area contributed by atoms with Gasteiger partial charge in [-0.25, -0.2) is 4.98 Å². The topological polar surface area (TPSA) is 50.9 Å². The molecule has 0 aliphatic rings. The Morgan fingerprint density at radius 3 is 2.94 bits per heavy atom. The van der Waals surface area contributed by atoms with Crippen LogP contribution >= 0.6 is 22.9 Å². The Hall–Kier alpha value is -1.26. The first kappa shape index (κ1) is 11.2. The molecule has 0 saturated carbocycles. The van der Waals surface area contributed by atoms with Crippen LogP contribution in [0.4, 0.5) is 11.5 Å². The normalized spacial score (nSPS) is 10.3. The Labute approximate surface area is 103 Å². The second-order valence-corrected chi connectivity index (χ2v) is 5.12. The van der Waals surface area contributed by atoms with E-state index in [1.54, 1.807) is 17.5 Å². The number of hydrogen-bond donors (Lipinski definition) is 2. The van der Waals surface area contributed by atoms with Crippen LogP contribution in [0.2, 0.25) is 4.34 Å². The van der Waals surface area contributed by atoms with E-state index in [9.17, 15) is 0 Å². The van der Waals surface area contributed by atoms with Crippen molar-refractivity contribution in [3.8, 4) is 0 Å². The van der Waals surface area contributed by atoms with Crippen molar-refractivity contribution < 1.29 is 0 Å². The minimum atomic E-state index is 0.534. The van der Waals surface area contributed by atoms with Crippen LogP contribution in [0.25, 0.3) is 0 Å². The predicted molar refractivity (Wildman–Crippen MR) is 70.2 cm³/mol. The summed E-state index contributed by atoms with van der Waals surface area (Å²) in [6, 6.07) is 7.74. The van der Waals surface area contributed by atoms with Gasteiger partial charge in [0.2, 0.25) is 0 Å². The largest absolute Gasteiger partial charge is 0.382 e. The highest BCUT2D eigenvalue weighted by atomic mass is 35.5. The second-order valence-electron chi connectivity index (χ2n) is 3.32. The molecule has 0 unspecified atom stereocenters. The predicted octanol–water partition coefficient (Wildman–Crippen LogP) is 3.03. The van der Waals surface area contributed by atoms with Crippen molar-refractivity contribution in [1.29, 1.82) is 0 Å². The zero-order chi connectivity index (χ0) is 11.4. The number of pyridine rings is 1. The Morgan fingerprint density at radius 2 is 2.25 bits per heavy atom. The van der Waals surface area contributed by atoms with E-state index in [0.29, 0.717) is 5.82 Å². The van der Waals surface area contributed by atoms with Crippen LogP contribution in [0.3, 0.4) is 0 Å². The highest BCUT2D eigenvalue weighted by Gasteiger charge is 2.00. The van der Waals surface area contributed by atoms with Gasteiger partial charge in [-0.2, -0.15) is 0 Å². The van der Waals surface area contributed by atoms with Crippen molar-refractivity contribution >= 4 is 34.4 Å². The molecule has 0 atom stereocenters. The molecule has 2 rings (SSSR count). The molecule has 0 aliphatic carbocycles. The van der Waals surface area contributed by atoms with Gasteiger partial charge in [-0.3, -0.25) is 0 Å². The molecule has 5 heteroatoms. The van der Waals surface area contributed by atoms with Crippen molar-refractivity contribution in [3.63, 3.8) is 0 Å². The van der Waals surface area contributed by atoms with Gasteiger partial charge < -0.3 is 11.1 Å². The van der Waals surface area contributed by atoms with E-state index in [1.165, 1.54) is 4.88 Å². The molecule has 0 bridgehead atoms. The Morgan fingerprint density at radius 1 is 1.38 bits per heavy atom. The average molecular weight is 254 g/mol. The third-order valence-electron chi connectivity index (χ3n) is 2.15. The molecule has 2 aromatic heterocycles. The third kappa shape index (κ3) is 2.87. The smallest absolute Gasteiger partial charge is 0.146 e. The summed E-state index contributed by atoms with van der Waals surface area (Å²) in [5.74, 6) is 0.534. The third-order valence-corrected chi connectivity index (χ3v) is 3.45. The Kier molecular flexibility index (Phi) is 3.64. The van der Waals surface area contributed by atoms with Crippen LogP contribution in [0, 0.1) is 0 Å². The number of nitrogens with zero attached hydrogens (tertiary/aromatic N) is 1. The highest BCUT2D eigenvalue weighted by molar-refractivity contribution is 7.16. The standard InChI is InChI=1S/C11H12ClN3S/c12-10-4-3-8(16-10)5-7-14-9-2-1-6-15-11(9)13/h1-4,6,14H,5,7H2,(H2,13,15). The van der Waals surface area contributed by atoms with Crippen molar-refractivity contribution in [1.82, 2.24) is 4.98 Å². The second kappa shape index (κ2) is 5.18. The maximum atomic E-state index is 5.85. The van der Waals surface area contributed by atoms with E-state index >= 15 is 0 Å². The fraction of sp³-hybridized carbons (Fsp3) is 0.182. The number of nitrogens with one attached hydrogen (secondary N) is 1. The first-order valence-corrected chi connectivity index (χ1v) is 6.14. The average Bonchev–Trinajstić information content (AvgIpc) is 2.67. The molecular formula is C11H12ClN3S. The minimum absolute atomic E-state index is 0.534. The number of halogens is 1. The number of nitrogen functional groups attached to an aromatic ring is 1. The lowest BCUT2D eigenvalue weighted by molar-refractivity contribution is 1.04. The van der Waals surface area contributed by atoms with E-state index in [-0.39, 0.29) is 0 Å². The van der Waals surface area contributed by atoms with Crippen LogP contribution in [0.1, 0.15) is 4.88 Å². The summed E-state index contributed by atoms with van der Waals surface area (Å²) in [5.41, 5.74) is 6.59. The molecular weight excluding hydrogens is 242 g/mol. The van der Waals surface area contributed by atoms with Crippen LogP contribution in [-0.4, -0.2) is 11.5 Å². The fourth-order valence-electron chi connectivity index (χ4n) is 1.37. The van der Waals surface area contributed by atoms with E-state index in [0.717, 1.165) is 23.0 Å². The van der Waals surface area contributed by atoms with E-state index in [4.69, 9.17) is 17.3 Å². The molecule has 3 nitrogen and oxygen atoms in total. The number of nitrogens with two attached hydrogens (primary N) is 1. The van der Waals surface area contributed by atoms with E-state index in [2.05, 4.69) is 10.3 Å². The summed E-state index contributed by atoms with van der Waals surface area (Å²) in [4.78, 5) is 5.27. The van der Waals surface area contributed by atoms with Gasteiger partial charge in [0.25, 0.3) is 0 Å². The summed E-state index contributed by atoms with van der Waals surface area (Å²) < 4.78 is 0.830. The quantitative estimate of drug-likeness (QED) is 0.881. The zero-order valence-corrected chi connectivity index (χ0v) is 10.2. The molecule has 0 amide bonds. The molecule has 0 aromatic carbocycles. The van der Waals surface area contributed by atoms with Crippen molar-refractivity contribution in [2.45, 2.75) is 6.42 Å². The zero-order valence-electron chi connectivity index (χ0n) is 8.61. The van der Waals surface area contributed by atoms with Crippen LogP contribution in [0.5, 0.6) is 0 Å². The van der Waals surface area contributed by atoms with Gasteiger partial charge in [-0.1, -0.05) is 11.6 Å². The highest BCUT2D eigenvalue weighted by Crippen LogP contribution is 2.22. The van der Waals surface area contributed by atoms with Gasteiger partial charge in [-0.05, 0) is 30.7 Å². The molecule has 0 fully saturated rings. The summed E-state index contributed by atoms with van der Waals surface area (Å²) in [6.07, 6.45) is 2.62. The Bertz CT molecular complexity index is 470. The summed E-state index contributed by atoms with van der Waals surface area (Å²) in [5, 5.41) is 3.25. The lowest BCUT2D eigenvalue weighted by Gasteiger charge is -2.06. The van der Waals surface area contributed by atoms with Gasteiger partial charge in [0.15, 0.2) is 0 Å². The Balaban J connectivity index is 1.87. The van der Waals surface area contributed by atoms with Crippen molar-refractivity contribution in [3.05, 3.63) is 39.7 Å². The maximum absolute atomic E-state index is 5.85. The molecule has 3 N–H and O–H groups in total. The monoisotopic (exact) mass is 253 g/mol. The van der Waals surface area contributed by atoms with Crippen LogP contribution in [-0.2, 0) is 6.42 Å². The van der Waals surface area contributed by atoms with Crippen LogP contribution in [0.15, 0.2) is 30.5 Å². The summed E-state index contributed by atoms with van der Waals surface area (Å²) >= 11 is 7.46. The van der Waals surface area contributed by atoms with E-state index < -0.39 is 0 Å². The van der Waals surface area contributed by atoms with Crippen LogP contribution < -0.4 is 11.1 Å². The lowest BCUT2D eigenvalue weighted by atomic mass is 10.3. The fourth-order valence-corrected chi connectivity index (χ4v) is 2.46. The number of aromatic nitrogens is 1. The van der Waals surface area contributed by atoms with E-state index in [1.807, 2.05) is 24.3 Å². The number of thiophene rings is 1. The number of rotatable bonds is 4. The molecule has 0 spiro atoms. The summed E-state index contributed by atoms with van der Waals surface area (Å²) in [6.45, 7) is 0.826. The van der Waals surface area contributed by atoms with Crippen molar-refractivity contribution in [2.24, 2.45) is 0 Å². The molecule has 84 valence electrons. The van der Waals surface area contributed by atoms with Gasteiger partial charge in [0.05, 0.1) is 10.0 Å². The van der Waals surface area contributed by atoms with Gasteiger partial charge in [0.1, 0.15) is 5.82 Å².